The molecule has 1 aromatic heterocycles. The molecule has 0 bridgehead atoms. The Balaban J connectivity index is 0.00000144. The number of H-pyrrole nitrogens is 1. The summed E-state index contributed by atoms with van der Waals surface area (Å²) in [7, 11) is 0. The van der Waals surface area contributed by atoms with Gasteiger partial charge in [-0.1, -0.05) is 13.3 Å². The summed E-state index contributed by atoms with van der Waals surface area (Å²) in [5, 5.41) is 6.31. The number of hydrogen-bond acceptors (Lipinski definition) is 3. The number of carbonyl (C=O) groups is 1. The van der Waals surface area contributed by atoms with Gasteiger partial charge in [0.1, 0.15) is 5.82 Å². The molecule has 134 valence electrons. The maximum Gasteiger partial charge on any atom is 0.228 e. The molecular formula is C17H26Cl2N4O. The lowest BCUT2D eigenvalue weighted by atomic mass is 9.99. The number of aromatic amines is 1. The van der Waals surface area contributed by atoms with Gasteiger partial charge < -0.3 is 15.6 Å². The van der Waals surface area contributed by atoms with Gasteiger partial charge in [-0.2, -0.15) is 0 Å². The highest BCUT2D eigenvalue weighted by Gasteiger charge is 2.20. The fraction of sp³-hybridized carbons (Fsp3) is 0.529. The highest BCUT2D eigenvalue weighted by molar-refractivity contribution is 5.94. The van der Waals surface area contributed by atoms with E-state index in [1.54, 1.807) is 0 Å². The van der Waals surface area contributed by atoms with Crippen molar-refractivity contribution in [2.45, 2.75) is 39.0 Å². The first-order valence-corrected chi connectivity index (χ1v) is 8.26. The third kappa shape index (κ3) is 5.10. The molecular weight excluding hydrogens is 347 g/mol. The number of carbonyl (C=O) groups excluding carboxylic acids is 1. The molecule has 2 aromatic rings. The molecule has 1 fully saturated rings. The summed E-state index contributed by atoms with van der Waals surface area (Å²) in [4.78, 5) is 20.2. The fourth-order valence-corrected chi connectivity index (χ4v) is 2.92. The third-order valence-electron chi connectivity index (χ3n) is 4.23. The molecule has 0 spiro atoms. The van der Waals surface area contributed by atoms with Gasteiger partial charge in [0.2, 0.25) is 5.91 Å². The minimum Gasteiger partial charge on any atom is -0.342 e. The normalized spacial score (nSPS) is 17.0. The Morgan fingerprint density at radius 3 is 2.92 bits per heavy atom. The predicted octanol–water partition coefficient (Wildman–Crippen LogP) is 3.69. The van der Waals surface area contributed by atoms with Crippen LogP contribution < -0.4 is 10.6 Å². The van der Waals surface area contributed by atoms with Crippen LogP contribution in [0.3, 0.4) is 0 Å². The van der Waals surface area contributed by atoms with Crippen LogP contribution >= 0.6 is 24.8 Å². The van der Waals surface area contributed by atoms with Gasteiger partial charge in [0.15, 0.2) is 0 Å². The Labute approximate surface area is 155 Å². The molecule has 3 rings (SSSR count). The first-order valence-electron chi connectivity index (χ1n) is 8.26. The largest absolute Gasteiger partial charge is 0.342 e. The van der Waals surface area contributed by atoms with E-state index in [0.29, 0.717) is 0 Å². The average Bonchev–Trinajstić information content (AvgIpc) is 2.95. The number of anilines is 1. The van der Waals surface area contributed by atoms with E-state index in [1.807, 2.05) is 18.2 Å². The molecule has 3 N–H and O–H groups in total. The number of piperidine rings is 1. The number of unbranched alkanes of at least 4 members (excludes halogenated alkanes) is 1. The molecule has 0 radical (unpaired) electrons. The number of nitrogens with zero attached hydrogens (tertiary/aromatic N) is 1. The first-order chi connectivity index (χ1) is 10.8. The van der Waals surface area contributed by atoms with Gasteiger partial charge in [0, 0.05) is 18.7 Å². The molecule has 1 aliphatic rings. The number of amides is 1. The third-order valence-corrected chi connectivity index (χ3v) is 4.23. The van der Waals surface area contributed by atoms with Gasteiger partial charge >= 0.3 is 0 Å². The zero-order valence-electron chi connectivity index (χ0n) is 13.9. The molecule has 1 atom stereocenters. The van der Waals surface area contributed by atoms with Crippen molar-refractivity contribution in [2.24, 2.45) is 5.92 Å². The van der Waals surface area contributed by atoms with Gasteiger partial charge in [-0.05, 0) is 44.0 Å². The van der Waals surface area contributed by atoms with E-state index < -0.39 is 0 Å². The summed E-state index contributed by atoms with van der Waals surface area (Å²) in [6, 6.07) is 5.88. The average molecular weight is 373 g/mol. The molecule has 1 aromatic carbocycles. The second-order valence-electron chi connectivity index (χ2n) is 6.05. The van der Waals surface area contributed by atoms with Crippen LogP contribution in [0.4, 0.5) is 5.69 Å². The van der Waals surface area contributed by atoms with Crippen molar-refractivity contribution in [2.75, 3.05) is 18.4 Å². The van der Waals surface area contributed by atoms with Crippen LogP contribution in [0.2, 0.25) is 0 Å². The van der Waals surface area contributed by atoms with Crippen LogP contribution in [-0.2, 0) is 11.2 Å². The first kappa shape index (κ1) is 20.7. The van der Waals surface area contributed by atoms with Gasteiger partial charge in [0.05, 0.1) is 17.0 Å². The summed E-state index contributed by atoms with van der Waals surface area (Å²) >= 11 is 0. The van der Waals surface area contributed by atoms with E-state index in [-0.39, 0.29) is 36.6 Å². The lowest BCUT2D eigenvalue weighted by Crippen LogP contribution is -2.37. The molecule has 1 unspecified atom stereocenters. The summed E-state index contributed by atoms with van der Waals surface area (Å²) < 4.78 is 0. The second-order valence-corrected chi connectivity index (χ2v) is 6.05. The molecule has 1 aliphatic heterocycles. The molecule has 1 saturated heterocycles. The van der Waals surface area contributed by atoms with Crippen LogP contribution in [0.25, 0.3) is 11.0 Å². The molecule has 7 heteroatoms. The number of rotatable bonds is 5. The number of hydrogen-bond donors (Lipinski definition) is 3. The van der Waals surface area contributed by atoms with Gasteiger partial charge in [0.25, 0.3) is 0 Å². The minimum absolute atomic E-state index is 0. The van der Waals surface area contributed by atoms with E-state index in [9.17, 15) is 4.79 Å². The van der Waals surface area contributed by atoms with E-state index in [2.05, 4.69) is 27.5 Å². The molecule has 5 nitrogen and oxygen atoms in total. The molecule has 0 saturated carbocycles. The molecule has 24 heavy (non-hydrogen) atoms. The van der Waals surface area contributed by atoms with Gasteiger partial charge in [-0.15, -0.1) is 24.8 Å². The fourth-order valence-electron chi connectivity index (χ4n) is 2.92. The number of benzene rings is 1. The van der Waals surface area contributed by atoms with Gasteiger partial charge in [-0.3, -0.25) is 4.79 Å². The Bertz CT molecular complexity index is 653. The maximum absolute atomic E-state index is 12.3. The molecule has 2 heterocycles. The van der Waals surface area contributed by atoms with Crippen molar-refractivity contribution in [3.05, 3.63) is 24.0 Å². The van der Waals surface area contributed by atoms with Crippen molar-refractivity contribution in [3.8, 4) is 0 Å². The van der Waals surface area contributed by atoms with E-state index in [0.717, 1.165) is 67.7 Å². The molecule has 0 aliphatic carbocycles. The van der Waals surface area contributed by atoms with Crippen LogP contribution in [0, 0.1) is 5.92 Å². The van der Waals surface area contributed by atoms with Crippen LogP contribution in [0.15, 0.2) is 18.2 Å². The predicted molar refractivity (Wildman–Crippen MR) is 103 cm³/mol. The lowest BCUT2D eigenvalue weighted by molar-refractivity contribution is -0.120. The number of aryl methyl sites for hydroxylation is 1. The number of aromatic nitrogens is 2. The smallest absolute Gasteiger partial charge is 0.228 e. The Kier molecular flexibility index (Phi) is 8.53. The number of fused-ring (bicyclic) bond motifs is 1. The Hall–Kier alpha value is -1.30. The van der Waals surface area contributed by atoms with Crippen molar-refractivity contribution in [3.63, 3.8) is 0 Å². The van der Waals surface area contributed by atoms with Crippen LogP contribution in [0.1, 0.15) is 38.4 Å². The Morgan fingerprint density at radius 2 is 2.21 bits per heavy atom. The number of imidazole rings is 1. The van der Waals surface area contributed by atoms with Gasteiger partial charge in [-0.25, -0.2) is 4.98 Å². The quantitative estimate of drug-likeness (QED) is 0.749. The summed E-state index contributed by atoms with van der Waals surface area (Å²) in [6.07, 6.45) is 5.30. The topological polar surface area (TPSA) is 69.8 Å². The van der Waals surface area contributed by atoms with Crippen molar-refractivity contribution >= 4 is 47.4 Å². The standard InChI is InChI=1S/C17H24N4O.2ClH/c1-2-3-6-16-20-14-8-7-13(10-15(14)21-16)19-17(22)12-5-4-9-18-11-12;;/h7-8,10,12,18H,2-6,9,11H2,1H3,(H,19,22)(H,20,21);2*1H. The van der Waals surface area contributed by atoms with Crippen LogP contribution in [0.5, 0.6) is 0 Å². The zero-order chi connectivity index (χ0) is 15.4. The monoisotopic (exact) mass is 372 g/mol. The van der Waals surface area contributed by atoms with Crippen LogP contribution in [-0.4, -0.2) is 29.0 Å². The highest BCUT2D eigenvalue weighted by atomic mass is 35.5. The SMILES string of the molecule is CCCCc1nc2ccc(NC(=O)C3CCCNC3)cc2[nH]1.Cl.Cl. The molecule has 1 amide bonds. The zero-order valence-corrected chi connectivity index (χ0v) is 15.6. The summed E-state index contributed by atoms with van der Waals surface area (Å²) in [6.45, 7) is 3.97. The van der Waals surface area contributed by atoms with Crippen molar-refractivity contribution in [1.82, 2.24) is 15.3 Å². The van der Waals surface area contributed by atoms with Crippen molar-refractivity contribution in [1.29, 1.82) is 0 Å². The van der Waals surface area contributed by atoms with E-state index in [1.165, 1.54) is 0 Å². The summed E-state index contributed by atoms with van der Waals surface area (Å²) in [5.74, 6) is 1.21. The number of halogens is 2. The van der Waals surface area contributed by atoms with E-state index in [4.69, 9.17) is 0 Å². The Morgan fingerprint density at radius 1 is 1.38 bits per heavy atom. The minimum atomic E-state index is 0. The lowest BCUT2D eigenvalue weighted by Gasteiger charge is -2.21. The second kappa shape index (κ2) is 9.87. The number of nitrogens with one attached hydrogen (secondary N) is 3. The highest BCUT2D eigenvalue weighted by Crippen LogP contribution is 2.20. The van der Waals surface area contributed by atoms with E-state index >= 15 is 0 Å². The maximum atomic E-state index is 12.3. The summed E-state index contributed by atoms with van der Waals surface area (Å²) in [5.41, 5.74) is 2.79. The van der Waals surface area contributed by atoms with Crippen molar-refractivity contribution < 1.29 is 4.79 Å².